The van der Waals surface area contributed by atoms with Gasteiger partial charge >= 0.3 is 0 Å². The normalized spacial score (nSPS) is 11.4. The minimum Gasteiger partial charge on any atom is -0.382 e. The van der Waals surface area contributed by atoms with Crippen LogP contribution in [0.3, 0.4) is 0 Å². The Morgan fingerprint density at radius 2 is 2.15 bits per heavy atom. The smallest absolute Gasteiger partial charge is 0.190 e. The summed E-state index contributed by atoms with van der Waals surface area (Å²) in [4.78, 5) is 8.30. The second-order valence-electron chi connectivity index (χ2n) is 4.53. The Bertz CT molecular complexity index is 407. The highest BCUT2D eigenvalue weighted by Crippen LogP contribution is 2.04. The zero-order valence-corrected chi connectivity index (χ0v) is 12.8. The minimum absolute atomic E-state index is 0.776. The summed E-state index contributed by atoms with van der Waals surface area (Å²) in [5, 5.41) is 6.59. The van der Waals surface area contributed by atoms with Crippen LogP contribution in [0, 0.1) is 6.92 Å². The maximum Gasteiger partial charge on any atom is 0.190 e. The molecule has 0 bridgehead atoms. The predicted molar refractivity (Wildman–Crippen MR) is 83.2 cm³/mol. The number of rotatable bonds is 8. The Labute approximate surface area is 121 Å². The number of guanidine groups is 1. The Hall–Kier alpha value is -1.62. The standard InChI is InChI=1S/C15H26N4O/c1-4-20-11-5-8-18-15(16-3)19-10-7-14-6-9-17-12-13(14)2/h6,9,12H,4-5,7-8,10-11H2,1-3H3,(H2,16,18,19). The van der Waals surface area contributed by atoms with E-state index in [9.17, 15) is 0 Å². The lowest BCUT2D eigenvalue weighted by molar-refractivity contribution is 0.145. The molecule has 0 spiro atoms. The molecule has 5 heteroatoms. The van der Waals surface area contributed by atoms with Gasteiger partial charge in [-0.05, 0) is 43.9 Å². The van der Waals surface area contributed by atoms with Crippen LogP contribution in [-0.2, 0) is 11.2 Å². The maximum absolute atomic E-state index is 5.29. The van der Waals surface area contributed by atoms with E-state index in [1.54, 1.807) is 7.05 Å². The van der Waals surface area contributed by atoms with Crippen molar-refractivity contribution in [3.63, 3.8) is 0 Å². The van der Waals surface area contributed by atoms with Crippen molar-refractivity contribution in [2.75, 3.05) is 33.4 Å². The Balaban J connectivity index is 2.20. The molecule has 0 radical (unpaired) electrons. The van der Waals surface area contributed by atoms with Crippen molar-refractivity contribution in [2.45, 2.75) is 26.7 Å². The highest BCUT2D eigenvalue weighted by atomic mass is 16.5. The largest absolute Gasteiger partial charge is 0.382 e. The molecule has 1 rings (SSSR count). The molecule has 1 aromatic rings. The molecule has 1 aromatic heterocycles. The molecule has 0 aliphatic carbocycles. The molecule has 0 unspecified atom stereocenters. The van der Waals surface area contributed by atoms with Gasteiger partial charge in [0.1, 0.15) is 0 Å². The highest BCUT2D eigenvalue weighted by Gasteiger charge is 1.99. The summed E-state index contributed by atoms with van der Waals surface area (Å²) in [6.07, 6.45) is 5.69. The second-order valence-corrected chi connectivity index (χ2v) is 4.53. The summed E-state index contributed by atoms with van der Waals surface area (Å²) >= 11 is 0. The Kier molecular flexibility index (Phi) is 8.38. The molecule has 0 atom stereocenters. The first kappa shape index (κ1) is 16.4. The van der Waals surface area contributed by atoms with E-state index < -0.39 is 0 Å². The van der Waals surface area contributed by atoms with Crippen LogP contribution in [0.2, 0.25) is 0 Å². The fraction of sp³-hybridized carbons (Fsp3) is 0.600. The minimum atomic E-state index is 0.776. The van der Waals surface area contributed by atoms with Crippen molar-refractivity contribution in [1.29, 1.82) is 0 Å². The first-order valence-electron chi connectivity index (χ1n) is 7.19. The van der Waals surface area contributed by atoms with E-state index in [1.165, 1.54) is 11.1 Å². The van der Waals surface area contributed by atoms with Gasteiger partial charge in [-0.2, -0.15) is 0 Å². The Morgan fingerprint density at radius 3 is 2.85 bits per heavy atom. The molecule has 0 saturated heterocycles. The van der Waals surface area contributed by atoms with Crippen LogP contribution in [0.25, 0.3) is 0 Å². The summed E-state index contributed by atoms with van der Waals surface area (Å²) in [5.74, 6) is 0.841. The van der Waals surface area contributed by atoms with Crippen molar-refractivity contribution in [1.82, 2.24) is 15.6 Å². The number of aryl methyl sites for hydroxylation is 1. The number of aromatic nitrogens is 1. The van der Waals surface area contributed by atoms with Gasteiger partial charge in [0.05, 0.1) is 0 Å². The third-order valence-electron chi connectivity index (χ3n) is 3.01. The molecule has 5 nitrogen and oxygen atoms in total. The quantitative estimate of drug-likeness (QED) is 0.430. The van der Waals surface area contributed by atoms with Gasteiger partial charge in [0.15, 0.2) is 5.96 Å². The van der Waals surface area contributed by atoms with Gasteiger partial charge in [0, 0.05) is 45.7 Å². The molecule has 0 aliphatic heterocycles. The first-order valence-corrected chi connectivity index (χ1v) is 7.19. The number of hydrogen-bond donors (Lipinski definition) is 2. The van der Waals surface area contributed by atoms with Gasteiger partial charge in [-0.25, -0.2) is 0 Å². The van der Waals surface area contributed by atoms with Crippen LogP contribution in [-0.4, -0.2) is 44.3 Å². The van der Waals surface area contributed by atoms with Crippen LogP contribution in [0.1, 0.15) is 24.5 Å². The topological polar surface area (TPSA) is 58.5 Å². The highest BCUT2D eigenvalue weighted by molar-refractivity contribution is 5.79. The lowest BCUT2D eigenvalue weighted by atomic mass is 10.1. The number of nitrogens with one attached hydrogen (secondary N) is 2. The van der Waals surface area contributed by atoms with Gasteiger partial charge in [-0.3, -0.25) is 9.98 Å². The lowest BCUT2D eigenvalue weighted by Crippen LogP contribution is -2.39. The molecule has 0 aromatic carbocycles. The van der Waals surface area contributed by atoms with E-state index in [-0.39, 0.29) is 0 Å². The van der Waals surface area contributed by atoms with Crippen LogP contribution >= 0.6 is 0 Å². The van der Waals surface area contributed by atoms with Gasteiger partial charge in [0.25, 0.3) is 0 Å². The van der Waals surface area contributed by atoms with Crippen LogP contribution in [0.5, 0.6) is 0 Å². The number of ether oxygens (including phenoxy) is 1. The average molecular weight is 278 g/mol. The molecule has 0 fully saturated rings. The number of hydrogen-bond acceptors (Lipinski definition) is 3. The molecule has 0 aliphatic rings. The summed E-state index contributed by atoms with van der Waals surface area (Å²) in [6, 6.07) is 2.06. The van der Waals surface area contributed by atoms with Gasteiger partial charge < -0.3 is 15.4 Å². The Morgan fingerprint density at radius 1 is 1.35 bits per heavy atom. The second kappa shape index (κ2) is 10.2. The zero-order valence-electron chi connectivity index (χ0n) is 12.8. The van der Waals surface area contributed by atoms with Crippen LogP contribution < -0.4 is 10.6 Å². The number of nitrogens with zero attached hydrogens (tertiary/aromatic N) is 2. The number of pyridine rings is 1. The van der Waals surface area contributed by atoms with Crippen molar-refractivity contribution in [3.8, 4) is 0 Å². The molecule has 112 valence electrons. The molecule has 2 N–H and O–H groups in total. The van der Waals surface area contributed by atoms with Crippen molar-refractivity contribution in [2.24, 2.45) is 4.99 Å². The predicted octanol–water partition coefficient (Wildman–Crippen LogP) is 1.52. The lowest BCUT2D eigenvalue weighted by Gasteiger charge is -2.12. The summed E-state index contributed by atoms with van der Waals surface area (Å²) in [5.41, 5.74) is 2.55. The molecule has 20 heavy (non-hydrogen) atoms. The fourth-order valence-electron chi connectivity index (χ4n) is 1.84. The van der Waals surface area contributed by atoms with E-state index in [0.29, 0.717) is 0 Å². The third kappa shape index (κ3) is 6.52. The number of aliphatic imine (C=N–C) groups is 1. The van der Waals surface area contributed by atoms with Crippen LogP contribution in [0.15, 0.2) is 23.5 Å². The van der Waals surface area contributed by atoms with Crippen molar-refractivity contribution >= 4 is 5.96 Å². The van der Waals surface area contributed by atoms with E-state index in [1.807, 2.05) is 19.3 Å². The molecule has 0 saturated carbocycles. The molecule has 0 amide bonds. The maximum atomic E-state index is 5.29. The van der Waals surface area contributed by atoms with Crippen LogP contribution in [0.4, 0.5) is 0 Å². The van der Waals surface area contributed by atoms with E-state index in [2.05, 4.69) is 33.6 Å². The summed E-state index contributed by atoms with van der Waals surface area (Å²) in [6.45, 7) is 7.39. The van der Waals surface area contributed by atoms with Gasteiger partial charge in [-0.1, -0.05) is 0 Å². The molecular formula is C15H26N4O. The average Bonchev–Trinajstić information content (AvgIpc) is 2.47. The van der Waals surface area contributed by atoms with Crippen molar-refractivity contribution in [3.05, 3.63) is 29.6 Å². The third-order valence-corrected chi connectivity index (χ3v) is 3.01. The van der Waals surface area contributed by atoms with E-state index in [4.69, 9.17) is 4.74 Å². The van der Waals surface area contributed by atoms with Gasteiger partial charge in [-0.15, -0.1) is 0 Å². The summed E-state index contributed by atoms with van der Waals surface area (Å²) in [7, 11) is 1.79. The van der Waals surface area contributed by atoms with E-state index >= 15 is 0 Å². The van der Waals surface area contributed by atoms with Gasteiger partial charge in [0.2, 0.25) is 0 Å². The summed E-state index contributed by atoms with van der Waals surface area (Å²) < 4.78 is 5.29. The molecule has 1 heterocycles. The zero-order chi connectivity index (χ0) is 14.6. The fourth-order valence-corrected chi connectivity index (χ4v) is 1.84. The van der Waals surface area contributed by atoms with E-state index in [0.717, 1.165) is 45.1 Å². The van der Waals surface area contributed by atoms with Crippen molar-refractivity contribution < 1.29 is 4.74 Å². The SMILES string of the molecule is CCOCCCNC(=NC)NCCc1ccncc1C. The monoisotopic (exact) mass is 278 g/mol. The molecular weight excluding hydrogens is 252 g/mol. The first-order chi connectivity index (χ1) is 9.77.